The Labute approximate surface area is 137 Å². The van der Waals surface area contributed by atoms with E-state index in [4.69, 9.17) is 13.9 Å². The molecule has 0 saturated heterocycles. The van der Waals surface area contributed by atoms with Crippen LogP contribution < -0.4 is 9.47 Å². The maximum Gasteiger partial charge on any atom is 0.374 e. The van der Waals surface area contributed by atoms with Gasteiger partial charge >= 0.3 is 5.97 Å². The number of carboxylic acids is 1. The van der Waals surface area contributed by atoms with Gasteiger partial charge in [0.25, 0.3) is 0 Å². The molecule has 0 aliphatic rings. The summed E-state index contributed by atoms with van der Waals surface area (Å²) in [5, 5.41) is 17.2. The molecule has 0 saturated carbocycles. The minimum Gasteiger partial charge on any atom is -0.494 e. The fourth-order valence-electron chi connectivity index (χ4n) is 2.40. The molecule has 8 heteroatoms. The summed E-state index contributed by atoms with van der Waals surface area (Å²) < 4.78 is 17.6. The quantitative estimate of drug-likeness (QED) is 0.767. The van der Waals surface area contributed by atoms with Gasteiger partial charge in [0.1, 0.15) is 22.9 Å². The average molecular weight is 329 g/mol. The summed E-state index contributed by atoms with van der Waals surface area (Å²) in [5.74, 6) is 0.626. The zero-order valence-corrected chi connectivity index (χ0v) is 13.3. The number of hydrogen-bond acceptors (Lipinski definition) is 6. The zero-order valence-electron chi connectivity index (χ0n) is 13.3. The molecule has 0 amide bonds. The monoisotopic (exact) mass is 329 g/mol. The zero-order chi connectivity index (χ0) is 17.3. The number of ether oxygens (including phenoxy) is 2. The summed E-state index contributed by atoms with van der Waals surface area (Å²) in [6, 6.07) is 8.58. The first-order valence-electron chi connectivity index (χ1n) is 7.03. The minimum atomic E-state index is -1.23. The first-order valence-corrected chi connectivity index (χ1v) is 7.03. The molecular weight excluding hydrogens is 314 g/mol. The molecule has 0 aliphatic heterocycles. The smallest absolute Gasteiger partial charge is 0.374 e. The molecule has 2 aromatic heterocycles. The number of aromatic carboxylic acids is 1. The van der Waals surface area contributed by atoms with E-state index in [0.717, 1.165) is 0 Å². The highest BCUT2D eigenvalue weighted by atomic mass is 16.5. The SMILES string of the molecule is COc1cccc(OC)c1-n1c(C(=O)O)nnc1-c1ccc(C)o1. The molecule has 1 aromatic carbocycles. The fraction of sp³-hybridized carbons (Fsp3) is 0.188. The van der Waals surface area contributed by atoms with Crippen LogP contribution in [0, 0.1) is 6.92 Å². The van der Waals surface area contributed by atoms with Crippen molar-refractivity contribution in [2.75, 3.05) is 14.2 Å². The normalized spacial score (nSPS) is 10.6. The van der Waals surface area contributed by atoms with Gasteiger partial charge in [0.2, 0.25) is 11.6 Å². The van der Waals surface area contributed by atoms with Gasteiger partial charge in [-0.3, -0.25) is 4.57 Å². The number of carboxylic acid groups (broad SMARTS) is 1. The van der Waals surface area contributed by atoms with Crippen LogP contribution in [0.2, 0.25) is 0 Å². The Morgan fingerprint density at radius 1 is 1.12 bits per heavy atom. The van der Waals surface area contributed by atoms with Gasteiger partial charge in [0.15, 0.2) is 5.76 Å². The van der Waals surface area contributed by atoms with Crippen LogP contribution >= 0.6 is 0 Å². The van der Waals surface area contributed by atoms with Crippen molar-refractivity contribution in [1.82, 2.24) is 14.8 Å². The lowest BCUT2D eigenvalue weighted by atomic mass is 10.2. The third-order valence-corrected chi connectivity index (χ3v) is 3.44. The van der Waals surface area contributed by atoms with Gasteiger partial charge in [-0.25, -0.2) is 4.79 Å². The summed E-state index contributed by atoms with van der Waals surface area (Å²) in [4.78, 5) is 11.6. The van der Waals surface area contributed by atoms with Crippen molar-refractivity contribution in [2.24, 2.45) is 0 Å². The first-order chi connectivity index (χ1) is 11.6. The highest BCUT2D eigenvalue weighted by Gasteiger charge is 2.26. The number of methoxy groups -OCH3 is 2. The largest absolute Gasteiger partial charge is 0.494 e. The van der Waals surface area contributed by atoms with E-state index in [9.17, 15) is 9.90 Å². The van der Waals surface area contributed by atoms with Crippen LogP contribution in [0.5, 0.6) is 11.5 Å². The Kier molecular flexibility index (Phi) is 3.95. The number of carbonyl (C=O) groups is 1. The molecule has 24 heavy (non-hydrogen) atoms. The van der Waals surface area contributed by atoms with Gasteiger partial charge in [0, 0.05) is 0 Å². The predicted molar refractivity (Wildman–Crippen MR) is 83.9 cm³/mol. The Bertz CT molecular complexity index is 875. The van der Waals surface area contributed by atoms with Gasteiger partial charge in [0.05, 0.1) is 14.2 Å². The van der Waals surface area contributed by atoms with Gasteiger partial charge in [-0.15, -0.1) is 10.2 Å². The summed E-state index contributed by atoms with van der Waals surface area (Å²) in [6.45, 7) is 1.78. The maximum atomic E-state index is 11.6. The molecule has 0 unspecified atom stereocenters. The van der Waals surface area contributed by atoms with Gasteiger partial charge < -0.3 is 19.0 Å². The summed E-state index contributed by atoms with van der Waals surface area (Å²) in [5.41, 5.74) is 0.383. The number of para-hydroxylation sites is 1. The number of aryl methyl sites for hydroxylation is 1. The van der Waals surface area contributed by atoms with E-state index in [1.807, 2.05) is 0 Å². The molecule has 0 spiro atoms. The minimum absolute atomic E-state index is 0.239. The molecule has 8 nitrogen and oxygen atoms in total. The number of hydrogen-bond donors (Lipinski definition) is 1. The van der Waals surface area contributed by atoms with E-state index in [-0.39, 0.29) is 11.6 Å². The molecule has 1 N–H and O–H groups in total. The molecule has 124 valence electrons. The number of nitrogens with zero attached hydrogens (tertiary/aromatic N) is 3. The van der Waals surface area contributed by atoms with E-state index in [0.29, 0.717) is 28.7 Å². The Morgan fingerprint density at radius 3 is 2.29 bits per heavy atom. The van der Waals surface area contributed by atoms with Crippen molar-refractivity contribution in [2.45, 2.75) is 6.92 Å². The second-order valence-electron chi connectivity index (χ2n) is 4.91. The van der Waals surface area contributed by atoms with Crippen LogP contribution in [0.1, 0.15) is 16.4 Å². The fourth-order valence-corrected chi connectivity index (χ4v) is 2.40. The highest BCUT2D eigenvalue weighted by molar-refractivity contribution is 5.86. The van der Waals surface area contributed by atoms with Gasteiger partial charge in [-0.05, 0) is 31.2 Å². The summed E-state index contributed by atoms with van der Waals surface area (Å²) >= 11 is 0. The maximum absolute atomic E-state index is 11.6. The number of furan rings is 1. The average Bonchev–Trinajstić information content (AvgIpc) is 3.19. The highest BCUT2D eigenvalue weighted by Crippen LogP contribution is 2.36. The van der Waals surface area contributed by atoms with Crippen molar-refractivity contribution >= 4 is 5.97 Å². The van der Waals surface area contributed by atoms with Crippen molar-refractivity contribution in [3.05, 3.63) is 41.9 Å². The summed E-state index contributed by atoms with van der Waals surface area (Å²) in [6.07, 6.45) is 0. The van der Waals surface area contributed by atoms with Crippen LogP contribution in [-0.4, -0.2) is 40.1 Å². The molecule has 0 bridgehead atoms. The van der Waals surface area contributed by atoms with Crippen molar-refractivity contribution in [1.29, 1.82) is 0 Å². The summed E-state index contributed by atoms with van der Waals surface area (Å²) in [7, 11) is 2.97. The lowest BCUT2D eigenvalue weighted by Gasteiger charge is -2.15. The van der Waals surface area contributed by atoms with E-state index in [1.165, 1.54) is 18.8 Å². The van der Waals surface area contributed by atoms with Crippen molar-refractivity contribution < 1.29 is 23.8 Å². The van der Waals surface area contributed by atoms with Crippen LogP contribution in [0.3, 0.4) is 0 Å². The molecule has 0 atom stereocenters. The van der Waals surface area contributed by atoms with Gasteiger partial charge in [-0.2, -0.15) is 0 Å². The number of rotatable bonds is 5. The molecule has 0 fully saturated rings. The van der Waals surface area contributed by atoms with Crippen LogP contribution in [-0.2, 0) is 0 Å². The van der Waals surface area contributed by atoms with Crippen LogP contribution in [0.25, 0.3) is 17.3 Å². The molecule has 0 aliphatic carbocycles. The Balaban J connectivity index is 2.35. The van der Waals surface area contributed by atoms with Gasteiger partial charge in [-0.1, -0.05) is 6.07 Å². The van der Waals surface area contributed by atoms with Crippen LogP contribution in [0.15, 0.2) is 34.7 Å². The van der Waals surface area contributed by atoms with Crippen LogP contribution in [0.4, 0.5) is 0 Å². The number of benzene rings is 1. The van der Waals surface area contributed by atoms with E-state index in [1.54, 1.807) is 37.3 Å². The third kappa shape index (κ3) is 2.47. The molecular formula is C16H15N3O5. The number of aromatic nitrogens is 3. The lowest BCUT2D eigenvalue weighted by molar-refractivity contribution is 0.0681. The van der Waals surface area contributed by atoms with Crippen molar-refractivity contribution in [3.8, 4) is 28.8 Å². The molecule has 3 rings (SSSR count). The second-order valence-corrected chi connectivity index (χ2v) is 4.91. The standard InChI is InChI=1S/C16H15N3O5/c1-9-7-8-12(24-9)14-17-18-15(16(20)21)19(14)13-10(22-2)5-4-6-11(13)23-3/h4-8H,1-3H3,(H,20,21). The third-order valence-electron chi connectivity index (χ3n) is 3.44. The van der Waals surface area contributed by atoms with E-state index < -0.39 is 5.97 Å². The lowest BCUT2D eigenvalue weighted by Crippen LogP contribution is -2.11. The predicted octanol–water partition coefficient (Wildman–Crippen LogP) is 2.55. The Hall–Kier alpha value is -3.29. The Morgan fingerprint density at radius 2 is 1.79 bits per heavy atom. The van der Waals surface area contributed by atoms with E-state index >= 15 is 0 Å². The molecule has 0 radical (unpaired) electrons. The first kappa shape index (κ1) is 15.6. The van der Waals surface area contributed by atoms with Crippen molar-refractivity contribution in [3.63, 3.8) is 0 Å². The van der Waals surface area contributed by atoms with E-state index in [2.05, 4.69) is 10.2 Å². The topological polar surface area (TPSA) is 99.6 Å². The molecule has 2 heterocycles. The second kappa shape index (κ2) is 6.07. The molecule has 3 aromatic rings.